The largest absolute Gasteiger partial charge is 0.356 e. The molecule has 0 radical (unpaired) electrons. The van der Waals surface area contributed by atoms with E-state index in [1.807, 2.05) is 31.2 Å². The van der Waals surface area contributed by atoms with Gasteiger partial charge in [-0.05, 0) is 42.7 Å². The van der Waals surface area contributed by atoms with Crippen LogP contribution in [0.4, 0.5) is 5.69 Å². The summed E-state index contributed by atoms with van der Waals surface area (Å²) in [4.78, 5) is 16.3. The fourth-order valence-corrected chi connectivity index (χ4v) is 2.63. The van der Waals surface area contributed by atoms with Crippen LogP contribution >= 0.6 is 35.6 Å². The van der Waals surface area contributed by atoms with E-state index in [-0.39, 0.29) is 29.9 Å². The molecule has 3 N–H and O–H groups in total. The number of aliphatic imine (C=N–C) groups is 1. The fraction of sp³-hybridized carbons (Fsp3) is 0.300. The monoisotopic (exact) mass is 500 g/mol. The van der Waals surface area contributed by atoms with Crippen molar-refractivity contribution in [2.45, 2.75) is 26.8 Å². The molecule has 5 nitrogen and oxygen atoms in total. The lowest BCUT2D eigenvalue weighted by Gasteiger charge is -2.13. The molecule has 0 aliphatic carbocycles. The number of carbonyl (C=O) groups is 1. The van der Waals surface area contributed by atoms with E-state index >= 15 is 0 Å². The zero-order chi connectivity index (χ0) is 18.9. The van der Waals surface area contributed by atoms with E-state index < -0.39 is 0 Å². The first-order valence-corrected chi connectivity index (χ1v) is 8.93. The molecule has 0 bridgehead atoms. The van der Waals surface area contributed by atoms with Gasteiger partial charge in [-0.1, -0.05) is 41.9 Å². The Balaban J connectivity index is 0.00000364. The van der Waals surface area contributed by atoms with Crippen LogP contribution in [0.2, 0.25) is 5.02 Å². The summed E-state index contributed by atoms with van der Waals surface area (Å²) in [5.74, 6) is 0.595. The predicted octanol–water partition coefficient (Wildman–Crippen LogP) is 4.27. The molecular formula is C20H26ClIN4O. The maximum Gasteiger partial charge on any atom is 0.226 e. The molecule has 0 unspecified atom stereocenters. The summed E-state index contributed by atoms with van der Waals surface area (Å²) in [7, 11) is 1.71. The number of carbonyl (C=O) groups excluding carboxylic acids is 1. The summed E-state index contributed by atoms with van der Waals surface area (Å²) in [6.45, 7) is 5.13. The Labute approximate surface area is 183 Å². The Bertz CT molecular complexity index is 795. The highest BCUT2D eigenvalue weighted by Crippen LogP contribution is 2.22. The molecule has 0 atom stereocenters. The number of aryl methyl sites for hydroxylation is 1. The van der Waals surface area contributed by atoms with E-state index in [1.54, 1.807) is 13.1 Å². The number of hydrogen-bond acceptors (Lipinski definition) is 2. The normalized spacial score (nSPS) is 10.7. The number of nitrogens with one attached hydrogen (secondary N) is 3. The molecule has 0 aromatic heterocycles. The van der Waals surface area contributed by atoms with Gasteiger partial charge in [0.15, 0.2) is 5.96 Å². The van der Waals surface area contributed by atoms with Gasteiger partial charge in [0.2, 0.25) is 5.91 Å². The molecule has 7 heteroatoms. The van der Waals surface area contributed by atoms with E-state index in [4.69, 9.17) is 11.6 Å². The van der Waals surface area contributed by atoms with Gasteiger partial charge < -0.3 is 16.0 Å². The Morgan fingerprint density at radius 3 is 2.52 bits per heavy atom. The van der Waals surface area contributed by atoms with Gasteiger partial charge >= 0.3 is 0 Å². The second kappa shape index (κ2) is 11.8. The molecule has 27 heavy (non-hydrogen) atoms. The Kier molecular flexibility index (Phi) is 10.2. The van der Waals surface area contributed by atoms with Crippen LogP contribution in [-0.2, 0) is 11.3 Å². The minimum atomic E-state index is -0.0720. The molecular weight excluding hydrogens is 475 g/mol. The zero-order valence-electron chi connectivity index (χ0n) is 15.8. The number of halogens is 2. The summed E-state index contributed by atoms with van der Waals surface area (Å²) >= 11 is 6.07. The second-order valence-electron chi connectivity index (χ2n) is 5.99. The van der Waals surface area contributed by atoms with Crippen molar-refractivity contribution in [3.8, 4) is 0 Å². The molecule has 2 rings (SSSR count). The van der Waals surface area contributed by atoms with Gasteiger partial charge in [-0.2, -0.15) is 0 Å². The molecule has 0 spiro atoms. The Hall–Kier alpha value is -1.80. The van der Waals surface area contributed by atoms with E-state index in [9.17, 15) is 4.79 Å². The lowest BCUT2D eigenvalue weighted by atomic mass is 10.1. The summed E-state index contributed by atoms with van der Waals surface area (Å²) in [6.07, 6.45) is 0.330. The summed E-state index contributed by atoms with van der Waals surface area (Å²) in [6, 6.07) is 13.7. The minimum absolute atomic E-state index is 0. The molecule has 0 fully saturated rings. The van der Waals surface area contributed by atoms with E-state index in [0.29, 0.717) is 30.5 Å². The van der Waals surface area contributed by atoms with Gasteiger partial charge in [-0.15, -0.1) is 24.0 Å². The number of anilines is 1. The van der Waals surface area contributed by atoms with Crippen molar-refractivity contribution in [1.29, 1.82) is 0 Å². The van der Waals surface area contributed by atoms with E-state index in [1.165, 1.54) is 11.1 Å². The Morgan fingerprint density at radius 2 is 1.81 bits per heavy atom. The van der Waals surface area contributed by atoms with Crippen molar-refractivity contribution >= 4 is 53.1 Å². The van der Waals surface area contributed by atoms with Crippen LogP contribution in [0.5, 0.6) is 0 Å². The molecule has 0 saturated carbocycles. The van der Waals surface area contributed by atoms with Crippen LogP contribution in [0, 0.1) is 13.8 Å². The van der Waals surface area contributed by atoms with Crippen molar-refractivity contribution in [1.82, 2.24) is 10.6 Å². The first-order chi connectivity index (χ1) is 12.5. The third kappa shape index (κ3) is 7.38. The van der Waals surface area contributed by atoms with Gasteiger partial charge in [0.25, 0.3) is 0 Å². The van der Waals surface area contributed by atoms with Crippen molar-refractivity contribution in [2.75, 3.05) is 18.9 Å². The number of nitrogens with zero attached hydrogens (tertiary/aromatic N) is 1. The molecule has 0 saturated heterocycles. The third-order valence-corrected chi connectivity index (χ3v) is 4.53. The topological polar surface area (TPSA) is 65.5 Å². The number of benzene rings is 2. The fourth-order valence-electron chi connectivity index (χ4n) is 2.46. The maximum absolute atomic E-state index is 12.1. The van der Waals surface area contributed by atoms with Crippen LogP contribution in [0.1, 0.15) is 23.1 Å². The number of amides is 1. The quantitative estimate of drug-likeness (QED) is 0.315. The van der Waals surface area contributed by atoms with Gasteiger partial charge in [0.05, 0.1) is 0 Å². The summed E-state index contributed by atoms with van der Waals surface area (Å²) in [5.41, 5.74) is 4.05. The van der Waals surface area contributed by atoms with E-state index in [0.717, 1.165) is 11.3 Å². The van der Waals surface area contributed by atoms with Gasteiger partial charge in [0.1, 0.15) is 0 Å². The second-order valence-corrected chi connectivity index (χ2v) is 6.40. The van der Waals surface area contributed by atoms with Gasteiger partial charge in [-0.3, -0.25) is 9.79 Å². The summed E-state index contributed by atoms with van der Waals surface area (Å²) in [5, 5.41) is 9.94. The van der Waals surface area contributed by atoms with Crippen molar-refractivity contribution in [2.24, 2.45) is 4.99 Å². The smallest absolute Gasteiger partial charge is 0.226 e. The number of guanidine groups is 1. The first-order valence-electron chi connectivity index (χ1n) is 8.55. The average Bonchev–Trinajstić information content (AvgIpc) is 2.63. The predicted molar refractivity (Wildman–Crippen MR) is 124 cm³/mol. The van der Waals surface area contributed by atoms with Crippen LogP contribution in [0.15, 0.2) is 47.5 Å². The maximum atomic E-state index is 12.1. The Morgan fingerprint density at radius 1 is 1.07 bits per heavy atom. The highest BCUT2D eigenvalue weighted by molar-refractivity contribution is 14.0. The van der Waals surface area contributed by atoms with E-state index in [2.05, 4.69) is 40.0 Å². The standard InChI is InChI=1S/C20H25ClN4O.HI/c1-14-7-4-5-8-16(14)13-24-20(22-3)23-12-11-19(26)25-18-10-6-9-17(21)15(18)2;/h4-10H,11-13H2,1-3H3,(H,25,26)(H2,22,23,24);1H. The minimum Gasteiger partial charge on any atom is -0.356 e. The molecule has 2 aromatic rings. The van der Waals surface area contributed by atoms with Crippen LogP contribution < -0.4 is 16.0 Å². The first kappa shape index (κ1) is 23.2. The van der Waals surface area contributed by atoms with Gasteiger partial charge in [-0.25, -0.2) is 0 Å². The van der Waals surface area contributed by atoms with Crippen molar-refractivity contribution in [3.63, 3.8) is 0 Å². The average molecular weight is 501 g/mol. The SMILES string of the molecule is CN=C(NCCC(=O)Nc1cccc(Cl)c1C)NCc1ccccc1C.I. The highest BCUT2D eigenvalue weighted by atomic mass is 127. The summed E-state index contributed by atoms with van der Waals surface area (Å²) < 4.78 is 0. The molecule has 0 aliphatic heterocycles. The van der Waals surface area contributed by atoms with Gasteiger partial charge in [0, 0.05) is 37.3 Å². The zero-order valence-corrected chi connectivity index (χ0v) is 18.9. The van der Waals surface area contributed by atoms with Crippen LogP contribution in [0.25, 0.3) is 0 Å². The lowest BCUT2D eigenvalue weighted by Crippen LogP contribution is -2.38. The lowest BCUT2D eigenvalue weighted by molar-refractivity contribution is -0.116. The third-order valence-electron chi connectivity index (χ3n) is 4.12. The highest BCUT2D eigenvalue weighted by Gasteiger charge is 2.07. The molecule has 0 heterocycles. The molecule has 0 aliphatic rings. The van der Waals surface area contributed by atoms with Crippen LogP contribution in [0.3, 0.4) is 0 Å². The van der Waals surface area contributed by atoms with Crippen molar-refractivity contribution in [3.05, 3.63) is 64.2 Å². The van der Waals surface area contributed by atoms with Crippen molar-refractivity contribution < 1.29 is 4.79 Å². The number of hydrogen-bond donors (Lipinski definition) is 3. The van der Waals surface area contributed by atoms with Crippen LogP contribution in [-0.4, -0.2) is 25.5 Å². The molecule has 1 amide bonds. The number of rotatable bonds is 6. The molecule has 146 valence electrons. The molecule has 2 aromatic carbocycles.